The van der Waals surface area contributed by atoms with Gasteiger partial charge in [0, 0.05) is 12.4 Å². The fourth-order valence-corrected chi connectivity index (χ4v) is 2.08. The van der Waals surface area contributed by atoms with Gasteiger partial charge in [-0.05, 0) is 23.6 Å². The normalized spacial score (nSPS) is 12.2. The number of hydrogen-bond acceptors (Lipinski definition) is 2. The molecule has 0 saturated heterocycles. The maximum absolute atomic E-state index is 13.0. The number of pyridine rings is 1. The molecule has 0 spiro atoms. The van der Waals surface area contributed by atoms with Crippen LogP contribution in [-0.2, 0) is 6.18 Å². The molecule has 1 aromatic carbocycles. The molecule has 2 rings (SSSR count). The third-order valence-corrected chi connectivity index (χ3v) is 3.04. The van der Waals surface area contributed by atoms with Gasteiger partial charge >= 0.3 is 6.18 Å². The van der Waals surface area contributed by atoms with E-state index in [0.717, 1.165) is 11.6 Å². The molecular weight excluding hydrogens is 253 g/mol. The minimum absolute atomic E-state index is 0.0104. The van der Waals surface area contributed by atoms with Gasteiger partial charge in [0.1, 0.15) is 5.82 Å². The van der Waals surface area contributed by atoms with Crippen LogP contribution in [0.2, 0.25) is 0 Å². The summed E-state index contributed by atoms with van der Waals surface area (Å²) in [5, 5.41) is 3.38. The average molecular weight is 268 g/mol. The van der Waals surface area contributed by atoms with Gasteiger partial charge in [0.25, 0.3) is 0 Å². The fourth-order valence-electron chi connectivity index (χ4n) is 2.08. The Hall–Kier alpha value is -1.78. The first-order chi connectivity index (χ1) is 8.84. The van der Waals surface area contributed by atoms with Crippen LogP contribution in [0.25, 0.3) is 10.9 Å². The molecule has 0 saturated carbocycles. The Bertz CT molecular complexity index is 603. The maximum Gasteiger partial charge on any atom is 0.418 e. The number of hydrogen-bond donors (Lipinski definition) is 1. The first kappa shape index (κ1) is 13.6. The summed E-state index contributed by atoms with van der Waals surface area (Å²) in [5.74, 6) is 0.688. The predicted molar refractivity (Wildman–Crippen MR) is 70.4 cm³/mol. The Morgan fingerprint density at radius 3 is 2.42 bits per heavy atom. The second-order valence-electron chi connectivity index (χ2n) is 4.71. The van der Waals surface area contributed by atoms with Crippen LogP contribution in [0.15, 0.2) is 24.3 Å². The van der Waals surface area contributed by atoms with Crippen LogP contribution in [0.4, 0.5) is 19.0 Å². The predicted octanol–water partition coefficient (Wildman–Crippen LogP) is 4.42. The number of nitrogens with one attached hydrogen (secondary N) is 1. The van der Waals surface area contributed by atoms with Crippen LogP contribution in [0, 0.1) is 0 Å². The van der Waals surface area contributed by atoms with E-state index in [0.29, 0.717) is 11.2 Å². The molecule has 2 aromatic rings. The third kappa shape index (κ3) is 2.50. The molecule has 0 fully saturated rings. The third-order valence-electron chi connectivity index (χ3n) is 3.04. The quantitative estimate of drug-likeness (QED) is 0.872. The number of benzene rings is 1. The van der Waals surface area contributed by atoms with E-state index < -0.39 is 11.7 Å². The Kier molecular flexibility index (Phi) is 3.39. The van der Waals surface area contributed by atoms with Crippen molar-refractivity contribution in [2.75, 3.05) is 12.4 Å². The summed E-state index contributed by atoms with van der Waals surface area (Å²) in [5.41, 5.74) is 0.204. The fraction of sp³-hybridized carbons (Fsp3) is 0.357. The molecule has 1 heterocycles. The zero-order valence-electron chi connectivity index (χ0n) is 11.0. The van der Waals surface area contributed by atoms with E-state index in [1.54, 1.807) is 19.2 Å². The monoisotopic (exact) mass is 268 g/mol. The number of nitrogens with zero attached hydrogens (tertiary/aromatic N) is 1. The summed E-state index contributed by atoms with van der Waals surface area (Å²) in [4.78, 5) is 4.15. The van der Waals surface area contributed by atoms with Crippen molar-refractivity contribution in [1.29, 1.82) is 0 Å². The number of halogens is 3. The van der Waals surface area contributed by atoms with Crippen LogP contribution in [0.3, 0.4) is 0 Å². The average Bonchev–Trinajstić information content (AvgIpc) is 2.35. The topological polar surface area (TPSA) is 24.9 Å². The summed E-state index contributed by atoms with van der Waals surface area (Å²) in [6, 6.07) is 5.90. The van der Waals surface area contributed by atoms with Gasteiger partial charge in [0.15, 0.2) is 0 Å². The van der Waals surface area contributed by atoms with Crippen LogP contribution >= 0.6 is 0 Å². The summed E-state index contributed by atoms with van der Waals surface area (Å²) in [7, 11) is 1.66. The van der Waals surface area contributed by atoms with Gasteiger partial charge in [-0.3, -0.25) is 0 Å². The van der Waals surface area contributed by atoms with Gasteiger partial charge < -0.3 is 5.32 Å². The van der Waals surface area contributed by atoms with E-state index in [-0.39, 0.29) is 11.4 Å². The van der Waals surface area contributed by atoms with Crippen molar-refractivity contribution < 1.29 is 13.2 Å². The molecule has 1 N–H and O–H groups in total. The molecule has 0 aliphatic rings. The van der Waals surface area contributed by atoms with E-state index in [1.165, 1.54) is 6.07 Å². The van der Waals surface area contributed by atoms with E-state index in [2.05, 4.69) is 10.3 Å². The molecule has 0 aliphatic heterocycles. The van der Waals surface area contributed by atoms with E-state index >= 15 is 0 Å². The summed E-state index contributed by atoms with van der Waals surface area (Å²) in [6.45, 7) is 3.97. The highest BCUT2D eigenvalue weighted by atomic mass is 19.4. The highest BCUT2D eigenvalue weighted by molar-refractivity contribution is 5.85. The zero-order chi connectivity index (χ0) is 14.2. The highest BCUT2D eigenvalue weighted by Gasteiger charge is 2.33. The molecule has 0 atom stereocenters. The molecule has 0 amide bonds. The lowest BCUT2D eigenvalue weighted by Gasteiger charge is -2.15. The lowest BCUT2D eigenvalue weighted by Crippen LogP contribution is -2.08. The smallest absolute Gasteiger partial charge is 0.373 e. The molecule has 19 heavy (non-hydrogen) atoms. The molecule has 102 valence electrons. The first-order valence-corrected chi connectivity index (χ1v) is 6.03. The second kappa shape index (κ2) is 4.72. The molecule has 0 unspecified atom stereocenters. The van der Waals surface area contributed by atoms with Crippen LogP contribution in [0.1, 0.15) is 30.9 Å². The van der Waals surface area contributed by atoms with E-state index in [9.17, 15) is 13.2 Å². The van der Waals surface area contributed by atoms with Crippen molar-refractivity contribution in [3.05, 3.63) is 35.4 Å². The maximum atomic E-state index is 13.0. The SMILES string of the molecule is CNc1nc2c(C(F)(F)F)cccc2cc1C(C)C. The number of alkyl halides is 3. The number of fused-ring (bicyclic) bond motifs is 1. The number of anilines is 1. The first-order valence-electron chi connectivity index (χ1n) is 6.03. The minimum Gasteiger partial charge on any atom is -0.373 e. The Balaban J connectivity index is 2.78. The van der Waals surface area contributed by atoms with E-state index in [4.69, 9.17) is 0 Å². The van der Waals surface area contributed by atoms with Crippen LogP contribution < -0.4 is 5.32 Å². The van der Waals surface area contributed by atoms with Crippen molar-refractivity contribution in [2.45, 2.75) is 25.9 Å². The van der Waals surface area contributed by atoms with Crippen molar-refractivity contribution in [3.8, 4) is 0 Å². The largest absolute Gasteiger partial charge is 0.418 e. The zero-order valence-corrected chi connectivity index (χ0v) is 11.0. The molecule has 2 nitrogen and oxygen atoms in total. The number of aromatic nitrogens is 1. The minimum atomic E-state index is -4.39. The van der Waals surface area contributed by atoms with Gasteiger partial charge in [-0.2, -0.15) is 13.2 Å². The molecule has 1 aromatic heterocycles. The van der Waals surface area contributed by atoms with Gasteiger partial charge in [0.2, 0.25) is 0 Å². The molecule has 0 bridgehead atoms. The van der Waals surface area contributed by atoms with Gasteiger partial charge in [-0.25, -0.2) is 4.98 Å². The van der Waals surface area contributed by atoms with Crippen molar-refractivity contribution in [2.24, 2.45) is 0 Å². The van der Waals surface area contributed by atoms with Crippen molar-refractivity contribution >= 4 is 16.7 Å². The van der Waals surface area contributed by atoms with Gasteiger partial charge in [0.05, 0.1) is 11.1 Å². The Labute approximate surface area is 109 Å². The standard InChI is InChI=1S/C14H15F3N2/c1-8(2)10-7-9-5-4-6-11(14(15,16)17)12(9)19-13(10)18-3/h4-8H,1-3H3,(H,18,19). The second-order valence-corrected chi connectivity index (χ2v) is 4.71. The Morgan fingerprint density at radius 2 is 1.89 bits per heavy atom. The number of para-hydroxylation sites is 1. The molecular formula is C14H15F3N2. The molecule has 0 radical (unpaired) electrons. The summed E-state index contributed by atoms with van der Waals surface area (Å²) >= 11 is 0. The van der Waals surface area contributed by atoms with Crippen molar-refractivity contribution in [1.82, 2.24) is 4.98 Å². The van der Waals surface area contributed by atoms with Crippen molar-refractivity contribution in [3.63, 3.8) is 0 Å². The lowest BCUT2D eigenvalue weighted by atomic mass is 10.00. The molecule has 0 aliphatic carbocycles. The van der Waals surface area contributed by atoms with Gasteiger partial charge in [-0.1, -0.05) is 26.0 Å². The summed E-state index contributed by atoms with van der Waals surface area (Å²) < 4.78 is 38.9. The molecule has 5 heteroatoms. The van der Waals surface area contributed by atoms with Crippen LogP contribution in [-0.4, -0.2) is 12.0 Å². The van der Waals surface area contributed by atoms with E-state index in [1.807, 2.05) is 13.8 Å². The summed E-state index contributed by atoms with van der Waals surface area (Å²) in [6.07, 6.45) is -4.39. The Morgan fingerprint density at radius 1 is 1.21 bits per heavy atom. The van der Waals surface area contributed by atoms with Crippen LogP contribution in [0.5, 0.6) is 0 Å². The van der Waals surface area contributed by atoms with Gasteiger partial charge in [-0.15, -0.1) is 0 Å². The number of rotatable bonds is 2. The lowest BCUT2D eigenvalue weighted by molar-refractivity contribution is -0.136. The highest BCUT2D eigenvalue weighted by Crippen LogP contribution is 2.36.